The van der Waals surface area contributed by atoms with Gasteiger partial charge >= 0.3 is 5.97 Å². The van der Waals surface area contributed by atoms with Gasteiger partial charge in [0.25, 0.3) is 5.78 Å². The fourth-order valence-corrected chi connectivity index (χ4v) is 2.21. The van der Waals surface area contributed by atoms with E-state index in [1.54, 1.807) is 31.5 Å². The lowest BCUT2D eigenvalue weighted by Gasteiger charge is -2.05. The Morgan fingerprint density at radius 2 is 2.05 bits per heavy atom. The first-order valence-electron chi connectivity index (χ1n) is 6.52. The number of aliphatic hydroxyl groups is 1. The molecule has 0 aliphatic heterocycles. The van der Waals surface area contributed by atoms with E-state index in [9.17, 15) is 9.59 Å². The summed E-state index contributed by atoms with van der Waals surface area (Å²) < 4.78 is 11.5. The van der Waals surface area contributed by atoms with E-state index < -0.39 is 11.8 Å². The largest absolute Gasteiger partial charge is 0.497 e. The Balaban J connectivity index is 2.55. The molecule has 1 heterocycles. The molecule has 112 valence electrons. The van der Waals surface area contributed by atoms with Gasteiger partial charge in [-0.1, -0.05) is 0 Å². The molecule has 0 saturated carbocycles. The number of methoxy groups -OCH3 is 2. The Morgan fingerprint density at radius 1 is 1.29 bits per heavy atom. The summed E-state index contributed by atoms with van der Waals surface area (Å²) in [4.78, 5) is 23.5. The number of hydrogen-bond donors (Lipinski definition) is 1. The minimum atomic E-state index is -0.896. The first-order valence-corrected chi connectivity index (χ1v) is 6.52. The number of carbonyl (C=O) groups excluding carboxylic acids is 2. The molecule has 0 amide bonds. The molecule has 6 heteroatoms. The number of hydrogen-bond acceptors (Lipinski definition) is 5. The first-order chi connectivity index (χ1) is 10.1. The van der Waals surface area contributed by atoms with Crippen LogP contribution in [0.15, 0.2) is 24.4 Å². The molecule has 0 fully saturated rings. The average Bonchev–Trinajstić information content (AvgIpc) is 2.89. The number of carbonyl (C=O) groups is 2. The molecule has 6 nitrogen and oxygen atoms in total. The molecule has 2 aromatic rings. The fourth-order valence-electron chi connectivity index (χ4n) is 2.21. The summed E-state index contributed by atoms with van der Waals surface area (Å²) in [5.41, 5.74) is 1.06. The Bertz CT molecular complexity index is 674. The molecule has 21 heavy (non-hydrogen) atoms. The van der Waals surface area contributed by atoms with Crippen LogP contribution in [-0.2, 0) is 16.1 Å². The van der Waals surface area contributed by atoms with Gasteiger partial charge in [-0.3, -0.25) is 4.79 Å². The number of nitrogens with zero attached hydrogens (tertiary/aromatic N) is 1. The predicted molar refractivity (Wildman–Crippen MR) is 76.5 cm³/mol. The SMILES string of the molecule is COC(=O)C(=O)c1cn(CCCO)c2cc(OC)ccc12. The molecule has 2 rings (SSSR count). The maximum Gasteiger partial charge on any atom is 0.379 e. The average molecular weight is 291 g/mol. The first kappa shape index (κ1) is 15.1. The van der Waals surface area contributed by atoms with E-state index in [1.807, 2.05) is 4.57 Å². The number of rotatable bonds is 6. The molecular weight excluding hydrogens is 274 g/mol. The van der Waals surface area contributed by atoms with Crippen molar-refractivity contribution in [2.75, 3.05) is 20.8 Å². The van der Waals surface area contributed by atoms with Crippen molar-refractivity contribution in [1.29, 1.82) is 0 Å². The van der Waals surface area contributed by atoms with Crippen molar-refractivity contribution in [3.05, 3.63) is 30.0 Å². The van der Waals surface area contributed by atoms with Gasteiger partial charge < -0.3 is 19.1 Å². The molecule has 0 aliphatic rings. The minimum Gasteiger partial charge on any atom is -0.497 e. The van der Waals surface area contributed by atoms with Gasteiger partial charge in [-0.15, -0.1) is 0 Å². The van der Waals surface area contributed by atoms with Crippen molar-refractivity contribution >= 4 is 22.7 Å². The highest BCUT2D eigenvalue weighted by Crippen LogP contribution is 2.26. The quantitative estimate of drug-likeness (QED) is 0.494. The number of benzene rings is 1. The van der Waals surface area contributed by atoms with Crippen LogP contribution in [0, 0.1) is 0 Å². The van der Waals surface area contributed by atoms with Crippen molar-refractivity contribution in [1.82, 2.24) is 4.57 Å². The second-order valence-electron chi connectivity index (χ2n) is 4.52. The molecule has 0 radical (unpaired) electrons. The topological polar surface area (TPSA) is 77.8 Å². The summed E-state index contributed by atoms with van der Waals surface area (Å²) in [6, 6.07) is 5.26. The standard InChI is InChI=1S/C15H17NO5/c1-20-10-4-5-11-12(14(18)15(19)21-2)9-16(6-3-7-17)13(11)8-10/h4-5,8-9,17H,3,6-7H2,1-2H3. The lowest BCUT2D eigenvalue weighted by molar-refractivity contribution is -0.135. The molecule has 0 bridgehead atoms. The Morgan fingerprint density at radius 3 is 2.67 bits per heavy atom. The van der Waals surface area contributed by atoms with Gasteiger partial charge in [0.1, 0.15) is 5.75 Å². The molecule has 0 unspecified atom stereocenters. The predicted octanol–water partition coefficient (Wildman–Crippen LogP) is 1.39. The van der Waals surface area contributed by atoms with Gasteiger partial charge in [0.2, 0.25) is 0 Å². The molecule has 1 aromatic carbocycles. The molecule has 0 aliphatic carbocycles. The molecule has 1 N–H and O–H groups in total. The highest BCUT2D eigenvalue weighted by Gasteiger charge is 2.22. The smallest absolute Gasteiger partial charge is 0.379 e. The van der Waals surface area contributed by atoms with E-state index in [0.717, 1.165) is 5.52 Å². The molecule has 0 spiro atoms. The number of esters is 1. The number of aryl methyl sites for hydroxylation is 1. The van der Waals surface area contributed by atoms with E-state index in [4.69, 9.17) is 9.84 Å². The number of aliphatic hydroxyl groups excluding tert-OH is 1. The van der Waals surface area contributed by atoms with E-state index in [1.165, 1.54) is 7.11 Å². The third-order valence-corrected chi connectivity index (χ3v) is 3.26. The van der Waals surface area contributed by atoms with Crippen LogP contribution in [0.25, 0.3) is 10.9 Å². The van der Waals surface area contributed by atoms with Crippen molar-refractivity contribution in [2.45, 2.75) is 13.0 Å². The van der Waals surface area contributed by atoms with Gasteiger partial charge in [-0.25, -0.2) is 4.79 Å². The van der Waals surface area contributed by atoms with Gasteiger partial charge in [0, 0.05) is 30.8 Å². The molecular formula is C15H17NO5. The summed E-state index contributed by atoms with van der Waals surface area (Å²) in [7, 11) is 2.73. The second kappa shape index (κ2) is 6.41. The highest BCUT2D eigenvalue weighted by atomic mass is 16.5. The fraction of sp³-hybridized carbons (Fsp3) is 0.333. The van der Waals surface area contributed by atoms with Crippen LogP contribution in [0.1, 0.15) is 16.8 Å². The van der Waals surface area contributed by atoms with E-state index >= 15 is 0 Å². The maximum absolute atomic E-state index is 12.1. The highest BCUT2D eigenvalue weighted by molar-refractivity contribution is 6.43. The normalized spacial score (nSPS) is 10.6. The third-order valence-electron chi connectivity index (χ3n) is 3.26. The zero-order valence-electron chi connectivity index (χ0n) is 12.0. The van der Waals surface area contributed by atoms with Crippen LogP contribution >= 0.6 is 0 Å². The summed E-state index contributed by atoms with van der Waals surface area (Å²) in [6.07, 6.45) is 2.16. The van der Waals surface area contributed by atoms with Crippen LogP contribution in [0.2, 0.25) is 0 Å². The lowest BCUT2D eigenvalue weighted by Crippen LogP contribution is -2.15. The van der Waals surface area contributed by atoms with E-state index in [2.05, 4.69) is 4.74 Å². The molecule has 0 atom stereocenters. The van der Waals surface area contributed by atoms with Crippen molar-refractivity contribution < 1.29 is 24.2 Å². The number of fused-ring (bicyclic) bond motifs is 1. The van der Waals surface area contributed by atoms with Gasteiger partial charge in [-0.2, -0.15) is 0 Å². The van der Waals surface area contributed by atoms with Crippen LogP contribution in [0.3, 0.4) is 0 Å². The molecule has 0 saturated heterocycles. The van der Waals surface area contributed by atoms with Gasteiger partial charge in [0.05, 0.1) is 25.3 Å². The monoisotopic (exact) mass is 291 g/mol. The van der Waals surface area contributed by atoms with Gasteiger partial charge in [0.15, 0.2) is 0 Å². The maximum atomic E-state index is 12.1. The van der Waals surface area contributed by atoms with Crippen molar-refractivity contribution in [2.24, 2.45) is 0 Å². The van der Waals surface area contributed by atoms with E-state index in [0.29, 0.717) is 24.1 Å². The summed E-state index contributed by atoms with van der Waals surface area (Å²) >= 11 is 0. The summed E-state index contributed by atoms with van der Waals surface area (Å²) in [5.74, 6) is -0.926. The Hall–Kier alpha value is -2.34. The van der Waals surface area contributed by atoms with E-state index in [-0.39, 0.29) is 12.2 Å². The Kier molecular flexibility index (Phi) is 4.59. The van der Waals surface area contributed by atoms with Crippen LogP contribution in [-0.4, -0.2) is 42.3 Å². The number of Topliss-reactive ketones (excluding diaryl/α,β-unsaturated/α-hetero) is 1. The van der Waals surface area contributed by atoms with Crippen LogP contribution in [0.5, 0.6) is 5.75 Å². The third kappa shape index (κ3) is 2.90. The Labute approximate surface area is 121 Å². The van der Waals surface area contributed by atoms with Crippen molar-refractivity contribution in [3.8, 4) is 5.75 Å². The minimum absolute atomic E-state index is 0.0456. The molecule has 1 aromatic heterocycles. The van der Waals surface area contributed by atoms with Gasteiger partial charge in [-0.05, 0) is 18.6 Å². The summed E-state index contributed by atoms with van der Waals surface area (Å²) in [6.45, 7) is 0.582. The van der Waals surface area contributed by atoms with Crippen molar-refractivity contribution in [3.63, 3.8) is 0 Å². The number of ketones is 1. The zero-order chi connectivity index (χ0) is 15.4. The van der Waals surface area contributed by atoms with Crippen LogP contribution in [0.4, 0.5) is 0 Å². The van der Waals surface area contributed by atoms with Crippen LogP contribution < -0.4 is 4.74 Å². The summed E-state index contributed by atoms with van der Waals surface area (Å²) in [5, 5.41) is 9.62. The number of ether oxygens (including phenoxy) is 2. The number of aromatic nitrogens is 1. The second-order valence-corrected chi connectivity index (χ2v) is 4.52. The zero-order valence-corrected chi connectivity index (χ0v) is 12.0. The lowest BCUT2D eigenvalue weighted by atomic mass is 10.1.